The second kappa shape index (κ2) is 6.80. The summed E-state index contributed by atoms with van der Waals surface area (Å²) in [6, 6.07) is 9.21. The summed E-state index contributed by atoms with van der Waals surface area (Å²) < 4.78 is 11.5. The highest BCUT2D eigenvalue weighted by Gasteiger charge is 2.06. The predicted octanol–water partition coefficient (Wildman–Crippen LogP) is 4.07. The number of phenols is 1. The van der Waals surface area contributed by atoms with Gasteiger partial charge in [0.2, 0.25) is 0 Å². The van der Waals surface area contributed by atoms with Gasteiger partial charge in [-0.3, -0.25) is 4.99 Å². The number of halogens is 1. The molecule has 2 aromatic carbocycles. The van der Waals surface area contributed by atoms with Gasteiger partial charge in [-0.1, -0.05) is 0 Å². The molecule has 1 N–H and O–H groups in total. The third kappa shape index (κ3) is 3.66. The first kappa shape index (κ1) is 15.6. The molecule has 4 nitrogen and oxygen atoms in total. The molecule has 5 heteroatoms. The van der Waals surface area contributed by atoms with Crippen molar-refractivity contribution in [2.45, 2.75) is 6.92 Å². The summed E-state index contributed by atoms with van der Waals surface area (Å²) in [6.07, 6.45) is 1.64. The molecule has 21 heavy (non-hydrogen) atoms. The summed E-state index contributed by atoms with van der Waals surface area (Å²) >= 11 is 2.21. The molecule has 0 aromatic heterocycles. The number of hydrogen-bond donors (Lipinski definition) is 1. The summed E-state index contributed by atoms with van der Waals surface area (Å²) in [7, 11) is 3.17. The molecular formula is C16H16INO3. The Morgan fingerprint density at radius 2 is 1.81 bits per heavy atom. The molecule has 2 aromatic rings. The number of benzene rings is 2. The molecular weight excluding hydrogens is 381 g/mol. The van der Waals surface area contributed by atoms with Crippen LogP contribution in [0.15, 0.2) is 35.3 Å². The van der Waals surface area contributed by atoms with Crippen LogP contribution in [0.4, 0.5) is 5.69 Å². The van der Waals surface area contributed by atoms with Gasteiger partial charge in [0.05, 0.1) is 19.9 Å². The van der Waals surface area contributed by atoms with E-state index in [0.29, 0.717) is 17.1 Å². The van der Waals surface area contributed by atoms with E-state index in [1.54, 1.807) is 32.6 Å². The zero-order valence-corrected chi connectivity index (χ0v) is 14.2. The summed E-state index contributed by atoms with van der Waals surface area (Å²) in [5.74, 6) is 1.53. The Labute approximate surface area is 137 Å². The van der Waals surface area contributed by atoms with Crippen molar-refractivity contribution in [1.29, 1.82) is 0 Å². The van der Waals surface area contributed by atoms with Crippen molar-refractivity contribution in [2.24, 2.45) is 4.99 Å². The van der Waals surface area contributed by atoms with Crippen molar-refractivity contribution >= 4 is 34.5 Å². The Bertz CT molecular complexity index is 683. The molecule has 0 heterocycles. The standard InChI is InChI=1S/C16H16INO3/c1-10-6-12(17)7-11(16(10)19)9-18-13-4-5-14(20-2)15(8-13)21-3/h4-9,19H,1-3H3. The van der Waals surface area contributed by atoms with Gasteiger partial charge in [0, 0.05) is 21.4 Å². The number of ether oxygens (including phenoxy) is 2. The molecule has 0 radical (unpaired) electrons. The van der Waals surface area contributed by atoms with E-state index in [1.807, 2.05) is 25.1 Å². The van der Waals surface area contributed by atoms with E-state index in [-0.39, 0.29) is 5.75 Å². The maximum atomic E-state index is 10.0. The molecule has 2 rings (SSSR count). The van der Waals surface area contributed by atoms with Crippen molar-refractivity contribution in [3.8, 4) is 17.2 Å². The first-order chi connectivity index (χ1) is 10.0. The Hall–Kier alpha value is -1.76. The molecule has 0 amide bonds. The third-order valence-corrected chi connectivity index (χ3v) is 3.64. The largest absolute Gasteiger partial charge is 0.507 e. The van der Waals surface area contributed by atoms with Crippen LogP contribution in [0.5, 0.6) is 17.2 Å². The Morgan fingerprint density at radius 3 is 2.48 bits per heavy atom. The molecule has 0 spiro atoms. The molecule has 0 aliphatic carbocycles. The van der Waals surface area contributed by atoms with Crippen LogP contribution in [0.25, 0.3) is 0 Å². The third-order valence-electron chi connectivity index (χ3n) is 3.01. The Kier molecular flexibility index (Phi) is 5.06. The summed E-state index contributed by atoms with van der Waals surface area (Å²) in [5, 5.41) is 10.0. The highest BCUT2D eigenvalue weighted by molar-refractivity contribution is 14.1. The molecule has 0 unspecified atom stereocenters. The normalized spacial score (nSPS) is 10.9. The van der Waals surface area contributed by atoms with E-state index in [4.69, 9.17) is 9.47 Å². The fraction of sp³-hybridized carbons (Fsp3) is 0.188. The van der Waals surface area contributed by atoms with Gasteiger partial charge >= 0.3 is 0 Å². The molecule has 0 atom stereocenters. The van der Waals surface area contributed by atoms with Crippen molar-refractivity contribution in [1.82, 2.24) is 0 Å². The van der Waals surface area contributed by atoms with Crippen LogP contribution < -0.4 is 9.47 Å². The van der Waals surface area contributed by atoms with Gasteiger partial charge in [-0.2, -0.15) is 0 Å². The van der Waals surface area contributed by atoms with Crippen molar-refractivity contribution in [3.05, 3.63) is 45.0 Å². The molecule has 0 fully saturated rings. The lowest BCUT2D eigenvalue weighted by Crippen LogP contribution is -1.90. The number of methoxy groups -OCH3 is 2. The number of hydrogen-bond acceptors (Lipinski definition) is 4. The second-order valence-electron chi connectivity index (χ2n) is 4.46. The highest BCUT2D eigenvalue weighted by atomic mass is 127. The van der Waals surface area contributed by atoms with Crippen LogP contribution in [0.3, 0.4) is 0 Å². The first-order valence-electron chi connectivity index (χ1n) is 6.30. The molecule has 0 aliphatic rings. The van der Waals surface area contributed by atoms with Crippen molar-refractivity contribution in [2.75, 3.05) is 14.2 Å². The Balaban J connectivity index is 2.34. The van der Waals surface area contributed by atoms with Gasteiger partial charge in [-0.05, 0) is 59.3 Å². The van der Waals surface area contributed by atoms with Gasteiger partial charge in [0.25, 0.3) is 0 Å². The monoisotopic (exact) mass is 397 g/mol. The minimum atomic E-state index is 0.250. The van der Waals surface area contributed by atoms with Crippen LogP contribution in [0, 0.1) is 10.5 Å². The van der Waals surface area contributed by atoms with E-state index in [9.17, 15) is 5.11 Å². The van der Waals surface area contributed by atoms with Crippen LogP contribution in [-0.4, -0.2) is 25.5 Å². The minimum Gasteiger partial charge on any atom is -0.507 e. The average molecular weight is 397 g/mol. The topological polar surface area (TPSA) is 51.0 Å². The van der Waals surface area contributed by atoms with Crippen LogP contribution in [-0.2, 0) is 0 Å². The number of phenolic OH excluding ortho intramolecular Hbond substituents is 1. The Morgan fingerprint density at radius 1 is 1.10 bits per heavy atom. The van der Waals surface area contributed by atoms with Gasteiger partial charge in [-0.25, -0.2) is 0 Å². The molecule has 0 aliphatic heterocycles. The molecule has 0 saturated carbocycles. The summed E-state index contributed by atoms with van der Waals surface area (Å²) in [4.78, 5) is 4.38. The zero-order valence-electron chi connectivity index (χ0n) is 12.1. The highest BCUT2D eigenvalue weighted by Crippen LogP contribution is 2.31. The van der Waals surface area contributed by atoms with Gasteiger partial charge in [0.15, 0.2) is 11.5 Å². The lowest BCUT2D eigenvalue weighted by molar-refractivity contribution is 0.355. The summed E-state index contributed by atoms with van der Waals surface area (Å²) in [5.41, 5.74) is 2.24. The van der Waals surface area contributed by atoms with Crippen LogP contribution in [0.2, 0.25) is 0 Å². The molecule has 110 valence electrons. The first-order valence-corrected chi connectivity index (χ1v) is 7.38. The molecule has 0 bridgehead atoms. The van der Waals surface area contributed by atoms with E-state index in [0.717, 1.165) is 14.8 Å². The van der Waals surface area contributed by atoms with Crippen molar-refractivity contribution in [3.63, 3.8) is 0 Å². The minimum absolute atomic E-state index is 0.250. The fourth-order valence-electron chi connectivity index (χ4n) is 1.91. The summed E-state index contributed by atoms with van der Waals surface area (Å²) in [6.45, 7) is 1.87. The van der Waals surface area contributed by atoms with Gasteiger partial charge < -0.3 is 14.6 Å². The van der Waals surface area contributed by atoms with E-state index < -0.39 is 0 Å². The lowest BCUT2D eigenvalue weighted by Gasteiger charge is -2.07. The van der Waals surface area contributed by atoms with Crippen LogP contribution >= 0.6 is 22.6 Å². The number of aliphatic imine (C=N–C) groups is 1. The zero-order chi connectivity index (χ0) is 15.4. The van der Waals surface area contributed by atoms with E-state index in [2.05, 4.69) is 27.6 Å². The maximum absolute atomic E-state index is 10.0. The smallest absolute Gasteiger partial charge is 0.162 e. The predicted molar refractivity (Wildman–Crippen MR) is 92.4 cm³/mol. The number of aromatic hydroxyl groups is 1. The van der Waals surface area contributed by atoms with Gasteiger partial charge in [0.1, 0.15) is 5.75 Å². The quantitative estimate of drug-likeness (QED) is 0.625. The van der Waals surface area contributed by atoms with Gasteiger partial charge in [-0.15, -0.1) is 0 Å². The number of rotatable bonds is 4. The molecule has 0 saturated heterocycles. The maximum Gasteiger partial charge on any atom is 0.162 e. The van der Waals surface area contributed by atoms with Crippen molar-refractivity contribution < 1.29 is 14.6 Å². The lowest BCUT2D eigenvalue weighted by atomic mass is 10.1. The SMILES string of the molecule is COc1ccc(N=Cc2cc(I)cc(C)c2O)cc1OC. The number of nitrogens with zero attached hydrogens (tertiary/aromatic N) is 1. The average Bonchev–Trinajstić information content (AvgIpc) is 2.49. The number of aryl methyl sites for hydroxylation is 1. The second-order valence-corrected chi connectivity index (χ2v) is 5.70. The van der Waals surface area contributed by atoms with E-state index in [1.165, 1.54) is 0 Å². The fourth-order valence-corrected chi connectivity index (χ4v) is 2.71. The van der Waals surface area contributed by atoms with E-state index >= 15 is 0 Å². The van der Waals surface area contributed by atoms with Crippen LogP contribution in [0.1, 0.15) is 11.1 Å².